The number of aromatic nitrogens is 2. The van der Waals surface area contributed by atoms with E-state index in [-0.39, 0.29) is 30.0 Å². The van der Waals surface area contributed by atoms with Gasteiger partial charge in [0.05, 0.1) is 17.1 Å². The Morgan fingerprint density at radius 3 is 2.48 bits per heavy atom. The van der Waals surface area contributed by atoms with Crippen LogP contribution in [0, 0.1) is 5.82 Å². The number of aromatic amines is 1. The number of halogens is 2. The molecule has 1 saturated heterocycles. The molecular weight excluding hydrogens is 369 g/mol. The highest BCUT2D eigenvalue weighted by molar-refractivity contribution is 5.85. The maximum absolute atomic E-state index is 13.6. The Morgan fingerprint density at radius 1 is 1.11 bits per heavy atom. The van der Waals surface area contributed by atoms with E-state index >= 15 is 0 Å². The van der Waals surface area contributed by atoms with Gasteiger partial charge in [0, 0.05) is 31.8 Å². The Bertz CT molecular complexity index is 805. The lowest BCUT2D eigenvalue weighted by Gasteiger charge is -2.40. The van der Waals surface area contributed by atoms with Crippen LogP contribution in [0.2, 0.25) is 0 Å². The molecule has 5 nitrogen and oxygen atoms in total. The molecule has 0 atom stereocenters. The third-order valence-electron chi connectivity index (χ3n) is 6.11. The molecule has 150 valence electrons. The summed E-state index contributed by atoms with van der Waals surface area (Å²) < 4.78 is 21.2. The molecule has 7 heteroatoms. The number of nitrogens with one attached hydrogen (secondary N) is 1. The average Bonchev–Trinajstić information content (AvgIpc) is 2.98. The first-order valence-corrected chi connectivity index (χ1v) is 9.91. The normalized spacial score (nSPS) is 24.8. The van der Waals surface area contributed by atoms with E-state index in [1.54, 1.807) is 10.6 Å². The van der Waals surface area contributed by atoms with E-state index in [4.69, 9.17) is 4.74 Å². The van der Waals surface area contributed by atoms with Crippen LogP contribution in [0.4, 0.5) is 4.39 Å². The van der Waals surface area contributed by atoms with Gasteiger partial charge in [-0.1, -0.05) is 0 Å². The van der Waals surface area contributed by atoms with E-state index in [9.17, 15) is 9.18 Å². The average molecular weight is 398 g/mol. The Balaban J connectivity index is 0.00000210. The van der Waals surface area contributed by atoms with Crippen molar-refractivity contribution in [2.24, 2.45) is 0 Å². The van der Waals surface area contributed by atoms with Gasteiger partial charge in [0.1, 0.15) is 5.82 Å². The van der Waals surface area contributed by atoms with Crippen LogP contribution in [0.15, 0.2) is 23.0 Å². The van der Waals surface area contributed by atoms with E-state index in [2.05, 4.69) is 16.8 Å². The standard InChI is InChI=1S/C20H28FN3O2.ClH/c1-2-26-17-6-4-15(5-7-17)23-11-9-16(10-12-23)24-19-13-14(21)3-8-18(19)22-20(24)25;/h3,8,13,15-17H,2,4-7,9-12H2,1H3,(H,22,25);1H/t15-,17-;. The summed E-state index contributed by atoms with van der Waals surface area (Å²) in [5.74, 6) is -0.297. The van der Waals surface area contributed by atoms with E-state index < -0.39 is 0 Å². The van der Waals surface area contributed by atoms with Crippen molar-refractivity contribution in [3.05, 3.63) is 34.5 Å². The largest absolute Gasteiger partial charge is 0.379 e. The van der Waals surface area contributed by atoms with Crippen LogP contribution in [-0.4, -0.2) is 46.3 Å². The lowest BCUT2D eigenvalue weighted by atomic mass is 9.90. The van der Waals surface area contributed by atoms with Crippen LogP contribution in [0.3, 0.4) is 0 Å². The maximum atomic E-state index is 13.6. The topological polar surface area (TPSA) is 50.3 Å². The van der Waals surface area contributed by atoms with Gasteiger partial charge in [0.25, 0.3) is 0 Å². The molecule has 0 radical (unpaired) electrons. The zero-order chi connectivity index (χ0) is 18.1. The van der Waals surface area contributed by atoms with Crippen LogP contribution >= 0.6 is 12.4 Å². The number of benzene rings is 1. The monoisotopic (exact) mass is 397 g/mol. The van der Waals surface area contributed by atoms with E-state index in [1.165, 1.54) is 25.0 Å². The Morgan fingerprint density at radius 2 is 1.81 bits per heavy atom. The number of piperidine rings is 1. The number of likely N-dealkylation sites (tertiary alicyclic amines) is 1. The van der Waals surface area contributed by atoms with Gasteiger partial charge >= 0.3 is 5.69 Å². The molecule has 0 unspecified atom stereocenters. The minimum absolute atomic E-state index is 0. The van der Waals surface area contributed by atoms with Crippen LogP contribution < -0.4 is 5.69 Å². The van der Waals surface area contributed by atoms with Crippen LogP contribution in [0.25, 0.3) is 11.0 Å². The van der Waals surface area contributed by atoms with Crippen molar-refractivity contribution >= 4 is 23.4 Å². The summed E-state index contributed by atoms with van der Waals surface area (Å²) in [5, 5.41) is 0. The Labute approximate surface area is 165 Å². The molecule has 2 aromatic rings. The minimum atomic E-state index is -0.297. The molecule has 1 N–H and O–H groups in total. The number of hydrogen-bond acceptors (Lipinski definition) is 3. The molecule has 1 aromatic carbocycles. The molecule has 1 aromatic heterocycles. The first-order valence-electron chi connectivity index (χ1n) is 9.91. The van der Waals surface area contributed by atoms with Gasteiger partial charge in [0.15, 0.2) is 0 Å². The van der Waals surface area contributed by atoms with E-state index in [1.807, 2.05) is 0 Å². The molecule has 2 fully saturated rings. The van der Waals surface area contributed by atoms with Gasteiger partial charge in [-0.05, 0) is 63.6 Å². The summed E-state index contributed by atoms with van der Waals surface area (Å²) in [6, 6.07) is 5.30. The quantitative estimate of drug-likeness (QED) is 0.851. The molecular formula is C20H29ClFN3O2. The third kappa shape index (κ3) is 4.23. The van der Waals surface area contributed by atoms with Crippen molar-refractivity contribution in [1.29, 1.82) is 0 Å². The second-order valence-corrected chi connectivity index (χ2v) is 7.61. The summed E-state index contributed by atoms with van der Waals surface area (Å²) in [6.07, 6.45) is 7.03. The number of hydrogen-bond donors (Lipinski definition) is 1. The predicted octanol–water partition coefficient (Wildman–Crippen LogP) is 3.88. The summed E-state index contributed by atoms with van der Waals surface area (Å²) in [4.78, 5) is 17.8. The number of imidazole rings is 1. The lowest BCUT2D eigenvalue weighted by Crippen LogP contribution is -2.45. The van der Waals surface area contributed by atoms with Gasteiger partial charge in [-0.15, -0.1) is 12.4 Å². The van der Waals surface area contributed by atoms with E-state index in [0.29, 0.717) is 23.2 Å². The van der Waals surface area contributed by atoms with Crippen molar-refractivity contribution in [3.8, 4) is 0 Å². The first kappa shape index (κ1) is 20.4. The molecule has 4 rings (SSSR count). The SMILES string of the molecule is CCO[C@H]1CC[C@H](N2CCC(n3c(=O)[nH]c4ccc(F)cc43)CC2)CC1.Cl. The molecule has 1 aliphatic heterocycles. The molecule has 0 bridgehead atoms. The van der Waals surface area contributed by atoms with Crippen molar-refractivity contribution in [3.63, 3.8) is 0 Å². The van der Waals surface area contributed by atoms with Gasteiger partial charge in [-0.3, -0.25) is 4.57 Å². The number of rotatable bonds is 4. The fourth-order valence-electron chi connectivity index (χ4n) is 4.78. The molecule has 1 aliphatic carbocycles. The number of fused-ring (bicyclic) bond motifs is 1. The third-order valence-corrected chi connectivity index (χ3v) is 6.11. The minimum Gasteiger partial charge on any atom is -0.379 e. The van der Waals surface area contributed by atoms with Crippen LogP contribution in [0.5, 0.6) is 0 Å². The number of nitrogens with zero attached hydrogens (tertiary/aromatic N) is 2. The molecule has 1 saturated carbocycles. The maximum Gasteiger partial charge on any atom is 0.326 e. The van der Waals surface area contributed by atoms with Gasteiger partial charge in [0.2, 0.25) is 0 Å². The highest BCUT2D eigenvalue weighted by Gasteiger charge is 2.30. The van der Waals surface area contributed by atoms with Crippen molar-refractivity contribution < 1.29 is 9.13 Å². The number of H-pyrrole nitrogens is 1. The predicted molar refractivity (Wildman–Crippen MR) is 107 cm³/mol. The summed E-state index contributed by atoms with van der Waals surface area (Å²) >= 11 is 0. The zero-order valence-electron chi connectivity index (χ0n) is 15.8. The van der Waals surface area contributed by atoms with Crippen molar-refractivity contribution in [2.75, 3.05) is 19.7 Å². The van der Waals surface area contributed by atoms with Gasteiger partial charge < -0.3 is 14.6 Å². The Kier molecular flexibility index (Phi) is 6.61. The molecule has 27 heavy (non-hydrogen) atoms. The summed E-state index contributed by atoms with van der Waals surface area (Å²) in [7, 11) is 0. The smallest absolute Gasteiger partial charge is 0.326 e. The Hall–Kier alpha value is -1.37. The highest BCUT2D eigenvalue weighted by Crippen LogP contribution is 2.31. The fraction of sp³-hybridized carbons (Fsp3) is 0.650. The lowest BCUT2D eigenvalue weighted by molar-refractivity contribution is 0.00796. The van der Waals surface area contributed by atoms with E-state index in [0.717, 1.165) is 45.4 Å². The van der Waals surface area contributed by atoms with Crippen molar-refractivity contribution in [1.82, 2.24) is 14.5 Å². The zero-order valence-corrected chi connectivity index (χ0v) is 16.6. The molecule has 0 spiro atoms. The number of ether oxygens (including phenoxy) is 1. The summed E-state index contributed by atoms with van der Waals surface area (Å²) in [6.45, 7) is 4.88. The van der Waals surface area contributed by atoms with Crippen molar-refractivity contribution in [2.45, 2.75) is 63.6 Å². The summed E-state index contributed by atoms with van der Waals surface area (Å²) in [5.41, 5.74) is 1.28. The highest BCUT2D eigenvalue weighted by atomic mass is 35.5. The van der Waals surface area contributed by atoms with Gasteiger partial charge in [-0.2, -0.15) is 0 Å². The van der Waals surface area contributed by atoms with Gasteiger partial charge in [-0.25, -0.2) is 9.18 Å². The molecule has 2 aliphatic rings. The second-order valence-electron chi connectivity index (χ2n) is 7.61. The second kappa shape index (κ2) is 8.76. The van der Waals surface area contributed by atoms with Crippen LogP contribution in [0.1, 0.15) is 51.5 Å². The first-order chi connectivity index (χ1) is 12.7. The fourth-order valence-corrected chi connectivity index (χ4v) is 4.78. The molecule has 2 heterocycles. The molecule has 0 amide bonds. The van der Waals surface area contributed by atoms with Crippen LogP contribution in [-0.2, 0) is 4.74 Å².